The first-order chi connectivity index (χ1) is 11.8. The maximum Gasteiger partial charge on any atom is 0.344 e. The van der Waals surface area contributed by atoms with E-state index in [1.807, 2.05) is 40.7 Å². The Balaban J connectivity index is 2.60. The Morgan fingerprint density at radius 2 is 1.48 bits per heavy atom. The monoisotopic (exact) mass is 351 g/mol. The predicted octanol–water partition coefficient (Wildman–Crippen LogP) is 3.04. The zero-order chi connectivity index (χ0) is 19.0. The number of ether oxygens (including phenoxy) is 3. The van der Waals surface area contributed by atoms with E-state index in [1.54, 1.807) is 30.0 Å². The van der Waals surface area contributed by atoms with Crippen LogP contribution in [0.15, 0.2) is 24.3 Å². The zero-order valence-electron chi connectivity index (χ0n) is 15.9. The topological polar surface area (TPSA) is 65.1 Å². The van der Waals surface area contributed by atoms with Crippen LogP contribution < -0.4 is 9.47 Å². The average molecular weight is 351 g/mol. The van der Waals surface area contributed by atoms with Gasteiger partial charge >= 0.3 is 5.97 Å². The molecule has 0 saturated heterocycles. The van der Waals surface area contributed by atoms with Crippen LogP contribution in [-0.2, 0) is 14.3 Å². The fraction of sp³-hybridized carbons (Fsp3) is 0.579. The molecule has 0 N–H and O–H groups in total. The fourth-order valence-corrected chi connectivity index (χ4v) is 2.58. The molecule has 0 bridgehead atoms. The van der Waals surface area contributed by atoms with Gasteiger partial charge in [0.05, 0.1) is 6.61 Å². The number of carbonyl (C=O) groups excluding carboxylic acids is 2. The van der Waals surface area contributed by atoms with Crippen LogP contribution in [0.25, 0.3) is 0 Å². The van der Waals surface area contributed by atoms with E-state index in [2.05, 4.69) is 0 Å². The van der Waals surface area contributed by atoms with Crippen LogP contribution in [0.3, 0.4) is 0 Å². The molecular formula is C19H29NO5. The highest BCUT2D eigenvalue weighted by Crippen LogP contribution is 2.26. The quantitative estimate of drug-likeness (QED) is 0.640. The van der Waals surface area contributed by atoms with Gasteiger partial charge in [0.1, 0.15) is 0 Å². The smallest absolute Gasteiger partial charge is 0.344 e. The maximum absolute atomic E-state index is 12.5. The Hall–Kier alpha value is -2.24. The maximum atomic E-state index is 12.5. The summed E-state index contributed by atoms with van der Waals surface area (Å²) in [6.45, 7) is 11.4. The highest BCUT2D eigenvalue weighted by Gasteiger charge is 2.27. The Bertz CT molecular complexity index is 563. The number of amides is 1. The second-order valence-corrected chi connectivity index (χ2v) is 6.23. The Morgan fingerprint density at radius 1 is 0.960 bits per heavy atom. The van der Waals surface area contributed by atoms with Gasteiger partial charge in [-0.05, 0) is 53.7 Å². The summed E-state index contributed by atoms with van der Waals surface area (Å²) in [6.07, 6.45) is -0.858. The van der Waals surface area contributed by atoms with Gasteiger partial charge < -0.3 is 19.1 Å². The summed E-state index contributed by atoms with van der Waals surface area (Å²) in [5.74, 6) is 0.215. The van der Waals surface area contributed by atoms with Crippen molar-refractivity contribution >= 4 is 11.9 Å². The van der Waals surface area contributed by atoms with Crippen LogP contribution in [0, 0.1) is 0 Å². The van der Waals surface area contributed by atoms with Gasteiger partial charge in [-0.15, -0.1) is 0 Å². The van der Waals surface area contributed by atoms with Crippen molar-refractivity contribution in [2.24, 2.45) is 0 Å². The van der Waals surface area contributed by atoms with E-state index in [0.717, 1.165) is 0 Å². The van der Waals surface area contributed by atoms with E-state index in [0.29, 0.717) is 18.1 Å². The van der Waals surface area contributed by atoms with Crippen LogP contribution in [-0.4, -0.2) is 48.2 Å². The lowest BCUT2D eigenvalue weighted by Crippen LogP contribution is -2.47. The lowest BCUT2D eigenvalue weighted by atomic mass is 10.2. The molecule has 0 aliphatic rings. The third kappa shape index (κ3) is 6.29. The van der Waals surface area contributed by atoms with Crippen molar-refractivity contribution in [3.63, 3.8) is 0 Å². The molecule has 0 unspecified atom stereocenters. The molecule has 1 amide bonds. The van der Waals surface area contributed by atoms with E-state index < -0.39 is 12.1 Å². The molecule has 6 nitrogen and oxygen atoms in total. The minimum absolute atomic E-state index is 0.0305. The van der Waals surface area contributed by atoms with Crippen molar-refractivity contribution in [3.05, 3.63) is 24.3 Å². The van der Waals surface area contributed by atoms with Crippen LogP contribution in [0.1, 0.15) is 41.5 Å². The summed E-state index contributed by atoms with van der Waals surface area (Å²) < 4.78 is 16.1. The lowest BCUT2D eigenvalue weighted by molar-refractivity contribution is -0.162. The van der Waals surface area contributed by atoms with Crippen LogP contribution >= 0.6 is 0 Å². The summed E-state index contributed by atoms with van der Waals surface area (Å²) in [7, 11) is 0. The van der Waals surface area contributed by atoms with Gasteiger partial charge in [-0.3, -0.25) is 4.79 Å². The number of hydrogen-bond acceptors (Lipinski definition) is 5. The zero-order valence-corrected chi connectivity index (χ0v) is 15.9. The highest BCUT2D eigenvalue weighted by molar-refractivity contribution is 5.84. The molecule has 1 rings (SSSR count). The number of hydrogen-bond donors (Lipinski definition) is 0. The molecule has 0 aliphatic carbocycles. The van der Waals surface area contributed by atoms with Crippen molar-refractivity contribution in [2.75, 3.05) is 13.2 Å². The van der Waals surface area contributed by atoms with Crippen molar-refractivity contribution in [1.82, 2.24) is 4.90 Å². The van der Waals surface area contributed by atoms with E-state index in [9.17, 15) is 9.59 Å². The number of esters is 1. The van der Waals surface area contributed by atoms with Crippen molar-refractivity contribution < 1.29 is 23.8 Å². The van der Waals surface area contributed by atoms with E-state index in [4.69, 9.17) is 14.2 Å². The van der Waals surface area contributed by atoms with Gasteiger partial charge in [-0.2, -0.15) is 0 Å². The molecule has 1 aromatic carbocycles. The SMILES string of the molecule is CCOc1ccccc1OCC(=O)O[C@H](C)C(=O)N(C(C)C)C(C)C. The van der Waals surface area contributed by atoms with Gasteiger partial charge in [0.2, 0.25) is 0 Å². The first-order valence-electron chi connectivity index (χ1n) is 8.64. The fourth-order valence-electron chi connectivity index (χ4n) is 2.58. The molecular weight excluding hydrogens is 322 g/mol. The standard InChI is InChI=1S/C19H29NO5/c1-7-23-16-10-8-9-11-17(16)24-12-18(21)25-15(6)19(22)20(13(2)3)14(4)5/h8-11,13-15H,7,12H2,1-6H3/t15-/m1/s1. The normalized spacial score (nSPS) is 12.0. The van der Waals surface area contributed by atoms with Gasteiger partial charge in [0, 0.05) is 12.1 Å². The first-order valence-corrected chi connectivity index (χ1v) is 8.64. The molecule has 0 saturated carbocycles. The van der Waals surface area contributed by atoms with Crippen LogP contribution in [0.5, 0.6) is 11.5 Å². The second kappa shape index (κ2) is 9.91. The largest absolute Gasteiger partial charge is 0.490 e. The van der Waals surface area contributed by atoms with Crippen molar-refractivity contribution in [3.8, 4) is 11.5 Å². The number of rotatable bonds is 9. The van der Waals surface area contributed by atoms with Gasteiger partial charge in [0.25, 0.3) is 5.91 Å². The van der Waals surface area contributed by atoms with Gasteiger partial charge in [0.15, 0.2) is 24.2 Å². The summed E-state index contributed by atoms with van der Waals surface area (Å²) in [6, 6.07) is 7.15. The third-order valence-electron chi connectivity index (χ3n) is 3.52. The minimum atomic E-state index is -0.858. The van der Waals surface area contributed by atoms with E-state index in [-0.39, 0.29) is 24.6 Å². The summed E-state index contributed by atoms with van der Waals surface area (Å²) in [5.41, 5.74) is 0. The van der Waals surface area contributed by atoms with Crippen LogP contribution in [0.2, 0.25) is 0 Å². The molecule has 0 aliphatic heterocycles. The molecule has 0 fully saturated rings. The average Bonchev–Trinajstić information content (AvgIpc) is 2.53. The number of carbonyl (C=O) groups is 2. The number of nitrogens with zero attached hydrogens (tertiary/aromatic N) is 1. The van der Waals surface area contributed by atoms with Crippen molar-refractivity contribution in [2.45, 2.75) is 59.7 Å². The summed E-state index contributed by atoms with van der Waals surface area (Å²) in [4.78, 5) is 26.2. The molecule has 0 radical (unpaired) electrons. The Morgan fingerprint density at radius 3 is 1.96 bits per heavy atom. The third-order valence-corrected chi connectivity index (χ3v) is 3.52. The van der Waals surface area contributed by atoms with Gasteiger partial charge in [-0.25, -0.2) is 4.79 Å². The lowest BCUT2D eigenvalue weighted by Gasteiger charge is -2.32. The van der Waals surface area contributed by atoms with E-state index in [1.165, 1.54) is 0 Å². The highest BCUT2D eigenvalue weighted by atomic mass is 16.6. The molecule has 140 valence electrons. The van der Waals surface area contributed by atoms with Crippen LogP contribution in [0.4, 0.5) is 0 Å². The van der Waals surface area contributed by atoms with Gasteiger partial charge in [-0.1, -0.05) is 12.1 Å². The number of para-hydroxylation sites is 2. The molecule has 25 heavy (non-hydrogen) atoms. The van der Waals surface area contributed by atoms with E-state index >= 15 is 0 Å². The molecule has 0 aromatic heterocycles. The van der Waals surface area contributed by atoms with Crippen molar-refractivity contribution in [1.29, 1.82) is 0 Å². The Kier molecular flexibility index (Phi) is 8.25. The summed E-state index contributed by atoms with van der Waals surface area (Å²) in [5, 5.41) is 0. The first kappa shape index (κ1) is 20.8. The molecule has 0 heterocycles. The second-order valence-electron chi connectivity index (χ2n) is 6.23. The Labute approximate surface area is 150 Å². The molecule has 1 aromatic rings. The minimum Gasteiger partial charge on any atom is -0.490 e. The number of benzene rings is 1. The molecule has 0 spiro atoms. The molecule has 1 atom stereocenters. The predicted molar refractivity (Wildman–Crippen MR) is 95.8 cm³/mol. The summed E-state index contributed by atoms with van der Waals surface area (Å²) >= 11 is 0. The molecule has 6 heteroatoms.